The lowest BCUT2D eigenvalue weighted by atomic mass is 10.0. The van der Waals surface area contributed by atoms with Gasteiger partial charge in [0.25, 0.3) is 0 Å². The second kappa shape index (κ2) is 3.72. The summed E-state index contributed by atoms with van der Waals surface area (Å²) in [6.45, 7) is 4.22. The zero-order chi connectivity index (χ0) is 10.8. The predicted molar refractivity (Wildman–Crippen MR) is 54.8 cm³/mol. The number of H-pyrrole nitrogens is 1. The minimum atomic E-state index is 0.363. The highest BCUT2D eigenvalue weighted by Gasteiger charge is 2.18. The molecule has 3 N–H and O–H groups in total. The molecule has 0 aliphatic carbocycles. The monoisotopic (exact) mass is 207 g/mol. The van der Waals surface area contributed by atoms with E-state index in [-0.39, 0.29) is 0 Å². The number of nitrogen functional groups attached to an aromatic ring is 1. The van der Waals surface area contributed by atoms with Crippen LogP contribution in [0.15, 0.2) is 10.7 Å². The van der Waals surface area contributed by atoms with Crippen molar-refractivity contribution in [3.8, 4) is 11.4 Å². The third-order valence-corrected chi connectivity index (χ3v) is 2.09. The third-order valence-electron chi connectivity index (χ3n) is 2.09. The number of rotatable bonds is 3. The Balaban J connectivity index is 2.40. The lowest BCUT2D eigenvalue weighted by Gasteiger charge is -2.02. The maximum absolute atomic E-state index is 5.71. The lowest BCUT2D eigenvalue weighted by molar-refractivity contribution is 0.438. The third kappa shape index (κ3) is 1.83. The summed E-state index contributed by atoms with van der Waals surface area (Å²) in [6, 6.07) is 0. The van der Waals surface area contributed by atoms with Crippen molar-refractivity contribution >= 4 is 5.88 Å². The molecule has 0 amide bonds. The molecule has 6 heteroatoms. The molecule has 6 nitrogen and oxygen atoms in total. The lowest BCUT2D eigenvalue weighted by Crippen LogP contribution is -1.98. The van der Waals surface area contributed by atoms with Gasteiger partial charge >= 0.3 is 0 Å². The molecule has 80 valence electrons. The molecule has 2 aromatic heterocycles. The van der Waals surface area contributed by atoms with Gasteiger partial charge in [-0.1, -0.05) is 19.0 Å². The van der Waals surface area contributed by atoms with Crippen LogP contribution in [0.25, 0.3) is 11.4 Å². The molecular weight excluding hydrogens is 194 g/mol. The number of anilines is 1. The van der Waals surface area contributed by atoms with E-state index < -0.39 is 0 Å². The van der Waals surface area contributed by atoms with E-state index in [1.807, 2.05) is 0 Å². The van der Waals surface area contributed by atoms with Crippen molar-refractivity contribution in [1.82, 2.24) is 20.6 Å². The van der Waals surface area contributed by atoms with Gasteiger partial charge in [0, 0.05) is 5.56 Å². The zero-order valence-electron chi connectivity index (χ0n) is 8.69. The standard InChI is InChI=1S/C9H13N5O/c1-5(2)3-6-8(13-15-9(6)10)7-4-11-14-12-7/h4-5H,3,10H2,1-2H3,(H,11,12,14). The molecule has 0 atom stereocenters. The van der Waals surface area contributed by atoms with Crippen LogP contribution >= 0.6 is 0 Å². The molecule has 0 fully saturated rings. The zero-order valence-corrected chi connectivity index (χ0v) is 8.69. The van der Waals surface area contributed by atoms with E-state index >= 15 is 0 Å². The van der Waals surface area contributed by atoms with Crippen LogP contribution in [0.2, 0.25) is 0 Å². The van der Waals surface area contributed by atoms with Crippen LogP contribution < -0.4 is 5.73 Å². The van der Waals surface area contributed by atoms with Gasteiger partial charge < -0.3 is 10.3 Å². The molecule has 0 aromatic carbocycles. The summed E-state index contributed by atoms with van der Waals surface area (Å²) >= 11 is 0. The van der Waals surface area contributed by atoms with Gasteiger partial charge in [-0.15, -0.1) is 0 Å². The second-order valence-corrected chi connectivity index (χ2v) is 3.83. The summed E-state index contributed by atoms with van der Waals surface area (Å²) in [5.41, 5.74) is 7.94. The number of nitrogens with zero attached hydrogens (tertiary/aromatic N) is 3. The number of aromatic amines is 1. The molecule has 0 aliphatic rings. The number of nitrogens with one attached hydrogen (secondary N) is 1. The van der Waals surface area contributed by atoms with E-state index in [0.29, 0.717) is 23.2 Å². The fraction of sp³-hybridized carbons (Fsp3) is 0.444. The maximum Gasteiger partial charge on any atom is 0.225 e. The molecule has 0 unspecified atom stereocenters. The topological polar surface area (TPSA) is 93.6 Å². The van der Waals surface area contributed by atoms with E-state index in [4.69, 9.17) is 10.3 Å². The Labute approximate surface area is 86.8 Å². The molecule has 0 radical (unpaired) electrons. The molecule has 2 rings (SSSR count). The van der Waals surface area contributed by atoms with E-state index in [2.05, 4.69) is 34.4 Å². The fourth-order valence-corrected chi connectivity index (χ4v) is 1.44. The molecular formula is C9H13N5O. The van der Waals surface area contributed by atoms with Crippen LogP contribution in [0, 0.1) is 5.92 Å². The summed E-state index contributed by atoms with van der Waals surface area (Å²) in [6.07, 6.45) is 2.42. The fourth-order valence-electron chi connectivity index (χ4n) is 1.44. The smallest absolute Gasteiger partial charge is 0.225 e. The second-order valence-electron chi connectivity index (χ2n) is 3.83. The van der Waals surface area contributed by atoms with Gasteiger partial charge in [-0.05, 0) is 12.3 Å². The molecule has 0 spiro atoms. The van der Waals surface area contributed by atoms with Crippen molar-refractivity contribution in [2.45, 2.75) is 20.3 Å². The van der Waals surface area contributed by atoms with Crippen molar-refractivity contribution in [2.24, 2.45) is 5.92 Å². The first-order valence-electron chi connectivity index (χ1n) is 4.78. The summed E-state index contributed by atoms with van der Waals surface area (Å²) in [7, 11) is 0. The maximum atomic E-state index is 5.71. The first kappa shape index (κ1) is 9.70. The van der Waals surface area contributed by atoms with Gasteiger partial charge in [0.15, 0.2) is 0 Å². The largest absolute Gasteiger partial charge is 0.367 e. The summed E-state index contributed by atoms with van der Waals surface area (Å²) in [4.78, 5) is 0. The normalized spacial score (nSPS) is 11.1. The SMILES string of the molecule is CC(C)Cc1c(-c2cn[nH]n2)noc1N. The molecule has 0 aliphatic heterocycles. The molecule has 2 aromatic rings. The van der Waals surface area contributed by atoms with E-state index in [9.17, 15) is 0 Å². The molecule has 15 heavy (non-hydrogen) atoms. The van der Waals surface area contributed by atoms with Gasteiger partial charge in [-0.3, -0.25) is 0 Å². The molecule has 2 heterocycles. The van der Waals surface area contributed by atoms with Crippen LogP contribution in [-0.4, -0.2) is 20.6 Å². The number of hydrogen-bond acceptors (Lipinski definition) is 5. The highest BCUT2D eigenvalue weighted by atomic mass is 16.5. The summed E-state index contributed by atoms with van der Waals surface area (Å²) < 4.78 is 4.97. The number of nitrogens with two attached hydrogens (primary N) is 1. The quantitative estimate of drug-likeness (QED) is 0.789. The molecule has 0 saturated carbocycles. The van der Waals surface area contributed by atoms with Gasteiger partial charge in [0.1, 0.15) is 11.4 Å². The summed E-state index contributed by atoms with van der Waals surface area (Å²) in [5, 5.41) is 14.1. The van der Waals surface area contributed by atoms with Crippen LogP contribution in [-0.2, 0) is 6.42 Å². The van der Waals surface area contributed by atoms with E-state index in [1.165, 1.54) is 0 Å². The van der Waals surface area contributed by atoms with Crippen molar-refractivity contribution in [3.63, 3.8) is 0 Å². The van der Waals surface area contributed by atoms with Crippen molar-refractivity contribution in [1.29, 1.82) is 0 Å². The van der Waals surface area contributed by atoms with Gasteiger partial charge in [0.2, 0.25) is 5.88 Å². The first-order valence-corrected chi connectivity index (χ1v) is 4.78. The Hall–Kier alpha value is -1.85. The van der Waals surface area contributed by atoms with Crippen LogP contribution in [0.1, 0.15) is 19.4 Å². The first-order chi connectivity index (χ1) is 7.18. The Morgan fingerprint density at radius 2 is 2.33 bits per heavy atom. The Kier molecular flexibility index (Phi) is 2.40. The Morgan fingerprint density at radius 3 is 2.93 bits per heavy atom. The predicted octanol–water partition coefficient (Wildman–Crippen LogP) is 1.24. The molecule has 0 bridgehead atoms. The highest BCUT2D eigenvalue weighted by molar-refractivity contribution is 5.62. The number of aromatic nitrogens is 4. The van der Waals surface area contributed by atoms with Gasteiger partial charge in [-0.2, -0.15) is 15.4 Å². The summed E-state index contributed by atoms with van der Waals surface area (Å²) in [5.74, 6) is 0.846. The van der Waals surface area contributed by atoms with Gasteiger partial charge in [0.05, 0.1) is 6.20 Å². The van der Waals surface area contributed by atoms with Crippen LogP contribution in [0.5, 0.6) is 0 Å². The molecule has 0 saturated heterocycles. The Morgan fingerprint density at radius 1 is 1.53 bits per heavy atom. The van der Waals surface area contributed by atoms with Crippen molar-refractivity contribution < 1.29 is 4.52 Å². The highest BCUT2D eigenvalue weighted by Crippen LogP contribution is 2.27. The number of hydrogen-bond donors (Lipinski definition) is 2. The average molecular weight is 207 g/mol. The van der Waals surface area contributed by atoms with Crippen LogP contribution in [0.3, 0.4) is 0 Å². The van der Waals surface area contributed by atoms with E-state index in [1.54, 1.807) is 6.20 Å². The average Bonchev–Trinajstić information content (AvgIpc) is 2.76. The van der Waals surface area contributed by atoms with Crippen molar-refractivity contribution in [2.75, 3.05) is 5.73 Å². The minimum Gasteiger partial charge on any atom is -0.367 e. The Bertz CT molecular complexity index is 431. The van der Waals surface area contributed by atoms with Crippen molar-refractivity contribution in [3.05, 3.63) is 11.8 Å². The van der Waals surface area contributed by atoms with Crippen LogP contribution in [0.4, 0.5) is 5.88 Å². The van der Waals surface area contributed by atoms with Gasteiger partial charge in [-0.25, -0.2) is 0 Å². The minimum absolute atomic E-state index is 0.363. The van der Waals surface area contributed by atoms with E-state index in [0.717, 1.165) is 12.0 Å².